The van der Waals surface area contributed by atoms with Crippen LogP contribution >= 0.6 is 0 Å². The van der Waals surface area contributed by atoms with E-state index in [-0.39, 0.29) is 6.03 Å². The van der Waals surface area contributed by atoms with Gasteiger partial charge in [-0.05, 0) is 31.4 Å². The number of carbonyl (C=O) groups is 1. The molecule has 1 aromatic rings. The molecule has 0 unspecified atom stereocenters. The van der Waals surface area contributed by atoms with Crippen LogP contribution in [-0.4, -0.2) is 26.2 Å². The molecular formula is C13H19N3O. The first kappa shape index (κ1) is 11.8. The van der Waals surface area contributed by atoms with Gasteiger partial charge in [0.1, 0.15) is 0 Å². The minimum Gasteiger partial charge on any atom is -0.376 e. The van der Waals surface area contributed by atoms with Crippen molar-refractivity contribution in [3.8, 4) is 0 Å². The lowest BCUT2D eigenvalue weighted by Gasteiger charge is -2.27. The molecule has 1 saturated carbocycles. The van der Waals surface area contributed by atoms with E-state index in [0.29, 0.717) is 6.04 Å². The molecule has 0 aliphatic heterocycles. The second-order valence-electron chi connectivity index (χ2n) is 4.64. The largest absolute Gasteiger partial charge is 0.376 e. The van der Waals surface area contributed by atoms with Crippen LogP contribution in [0.5, 0.6) is 0 Å². The smallest absolute Gasteiger partial charge is 0.319 e. The summed E-state index contributed by atoms with van der Waals surface area (Å²) in [4.78, 5) is 13.7. The van der Waals surface area contributed by atoms with Crippen molar-refractivity contribution >= 4 is 17.4 Å². The van der Waals surface area contributed by atoms with E-state index < -0.39 is 0 Å². The normalized spacial score (nSPS) is 14.9. The van der Waals surface area contributed by atoms with Crippen molar-refractivity contribution in [3.63, 3.8) is 0 Å². The van der Waals surface area contributed by atoms with Gasteiger partial charge in [-0.1, -0.05) is 12.1 Å². The molecule has 92 valence electrons. The predicted octanol–water partition coefficient (Wildman–Crippen LogP) is 2.43. The molecule has 0 bridgehead atoms. The highest BCUT2D eigenvalue weighted by atomic mass is 16.2. The maximum absolute atomic E-state index is 11.7. The molecule has 1 fully saturated rings. The van der Waals surface area contributed by atoms with Crippen LogP contribution in [-0.2, 0) is 0 Å². The number of anilines is 2. The van der Waals surface area contributed by atoms with Gasteiger partial charge in [0.25, 0.3) is 0 Å². The van der Waals surface area contributed by atoms with Crippen LogP contribution in [0.15, 0.2) is 24.3 Å². The molecule has 4 heteroatoms. The SMILES string of the molecule is CN(C)c1ccccc1NC(=O)NC1CCC1. The third-order valence-corrected chi connectivity index (χ3v) is 3.07. The Morgan fingerprint density at radius 1 is 1.29 bits per heavy atom. The lowest BCUT2D eigenvalue weighted by Crippen LogP contribution is -2.42. The zero-order valence-corrected chi connectivity index (χ0v) is 10.4. The molecule has 17 heavy (non-hydrogen) atoms. The van der Waals surface area contributed by atoms with E-state index >= 15 is 0 Å². The van der Waals surface area contributed by atoms with E-state index in [1.165, 1.54) is 6.42 Å². The molecule has 0 atom stereocenters. The molecule has 0 radical (unpaired) electrons. The van der Waals surface area contributed by atoms with E-state index in [0.717, 1.165) is 24.2 Å². The minimum atomic E-state index is -0.107. The molecule has 2 N–H and O–H groups in total. The van der Waals surface area contributed by atoms with Crippen molar-refractivity contribution in [2.45, 2.75) is 25.3 Å². The molecule has 2 amide bonds. The van der Waals surface area contributed by atoms with Crippen molar-refractivity contribution in [2.75, 3.05) is 24.3 Å². The van der Waals surface area contributed by atoms with Gasteiger partial charge in [-0.3, -0.25) is 0 Å². The summed E-state index contributed by atoms with van der Waals surface area (Å²) in [5, 5.41) is 5.86. The van der Waals surface area contributed by atoms with Crippen molar-refractivity contribution < 1.29 is 4.79 Å². The van der Waals surface area contributed by atoms with Crippen molar-refractivity contribution in [1.82, 2.24) is 5.32 Å². The lowest BCUT2D eigenvalue weighted by atomic mass is 9.93. The Bertz CT molecular complexity index is 399. The predicted molar refractivity (Wildman–Crippen MR) is 70.6 cm³/mol. The van der Waals surface area contributed by atoms with Crippen molar-refractivity contribution in [2.24, 2.45) is 0 Å². The number of nitrogens with zero attached hydrogens (tertiary/aromatic N) is 1. The van der Waals surface area contributed by atoms with Crippen molar-refractivity contribution in [1.29, 1.82) is 0 Å². The molecule has 4 nitrogen and oxygen atoms in total. The van der Waals surface area contributed by atoms with Gasteiger partial charge in [-0.25, -0.2) is 4.79 Å². The number of hydrogen-bond donors (Lipinski definition) is 2. The van der Waals surface area contributed by atoms with Crippen LogP contribution in [0.1, 0.15) is 19.3 Å². The fraction of sp³-hybridized carbons (Fsp3) is 0.462. The first-order valence-corrected chi connectivity index (χ1v) is 6.00. The van der Waals surface area contributed by atoms with Gasteiger partial charge in [0.2, 0.25) is 0 Å². The van der Waals surface area contributed by atoms with Crippen LogP contribution in [0, 0.1) is 0 Å². The molecule has 0 aromatic heterocycles. The molecule has 2 rings (SSSR count). The van der Waals surface area contributed by atoms with E-state index in [4.69, 9.17) is 0 Å². The van der Waals surface area contributed by atoms with Crippen LogP contribution < -0.4 is 15.5 Å². The Kier molecular flexibility index (Phi) is 3.52. The lowest BCUT2D eigenvalue weighted by molar-refractivity contribution is 0.240. The van der Waals surface area contributed by atoms with Gasteiger partial charge in [-0.2, -0.15) is 0 Å². The van der Waals surface area contributed by atoms with Gasteiger partial charge in [0.05, 0.1) is 11.4 Å². The van der Waals surface area contributed by atoms with E-state index in [2.05, 4.69) is 10.6 Å². The first-order chi connectivity index (χ1) is 8.16. The topological polar surface area (TPSA) is 44.4 Å². The fourth-order valence-corrected chi connectivity index (χ4v) is 1.87. The minimum absolute atomic E-state index is 0.107. The summed E-state index contributed by atoms with van der Waals surface area (Å²) in [6, 6.07) is 8.04. The van der Waals surface area contributed by atoms with Crippen molar-refractivity contribution in [3.05, 3.63) is 24.3 Å². The zero-order chi connectivity index (χ0) is 12.3. The van der Waals surface area contributed by atoms with E-state index in [1.807, 2.05) is 43.3 Å². The number of urea groups is 1. The Labute approximate surface area is 102 Å². The summed E-state index contributed by atoms with van der Waals surface area (Å²) >= 11 is 0. The number of rotatable bonds is 3. The molecular weight excluding hydrogens is 214 g/mol. The average molecular weight is 233 g/mol. The van der Waals surface area contributed by atoms with Gasteiger partial charge in [-0.15, -0.1) is 0 Å². The Hall–Kier alpha value is -1.71. The fourth-order valence-electron chi connectivity index (χ4n) is 1.87. The summed E-state index contributed by atoms with van der Waals surface area (Å²) in [6.45, 7) is 0. The van der Waals surface area contributed by atoms with E-state index in [1.54, 1.807) is 0 Å². The highest BCUT2D eigenvalue weighted by Gasteiger charge is 2.19. The maximum Gasteiger partial charge on any atom is 0.319 e. The zero-order valence-electron chi connectivity index (χ0n) is 10.4. The second kappa shape index (κ2) is 5.08. The number of carbonyl (C=O) groups excluding carboxylic acids is 1. The Morgan fingerprint density at radius 3 is 2.59 bits per heavy atom. The molecule has 0 heterocycles. The third-order valence-electron chi connectivity index (χ3n) is 3.07. The number of para-hydroxylation sites is 2. The van der Waals surface area contributed by atoms with Gasteiger partial charge in [0, 0.05) is 20.1 Å². The van der Waals surface area contributed by atoms with Crippen LogP contribution in [0.2, 0.25) is 0 Å². The maximum atomic E-state index is 11.7. The number of hydrogen-bond acceptors (Lipinski definition) is 2. The molecule has 0 spiro atoms. The summed E-state index contributed by atoms with van der Waals surface area (Å²) in [6.07, 6.45) is 3.42. The summed E-state index contributed by atoms with van der Waals surface area (Å²) in [7, 11) is 3.93. The van der Waals surface area contributed by atoms with E-state index in [9.17, 15) is 4.79 Å². The van der Waals surface area contributed by atoms with Crippen LogP contribution in [0.4, 0.5) is 16.2 Å². The monoisotopic (exact) mass is 233 g/mol. The Balaban J connectivity index is 1.99. The number of benzene rings is 1. The summed E-state index contributed by atoms with van der Waals surface area (Å²) in [5.74, 6) is 0. The average Bonchev–Trinajstić information content (AvgIpc) is 2.24. The molecule has 1 aliphatic carbocycles. The standard InChI is InChI=1S/C13H19N3O/c1-16(2)12-9-4-3-8-11(12)15-13(17)14-10-6-5-7-10/h3-4,8-10H,5-7H2,1-2H3,(H2,14,15,17). The second-order valence-corrected chi connectivity index (χ2v) is 4.64. The molecule has 1 aromatic carbocycles. The highest BCUT2D eigenvalue weighted by Crippen LogP contribution is 2.24. The number of amides is 2. The van der Waals surface area contributed by atoms with Gasteiger partial charge < -0.3 is 15.5 Å². The molecule has 1 aliphatic rings. The van der Waals surface area contributed by atoms with Gasteiger partial charge in [0.15, 0.2) is 0 Å². The van der Waals surface area contributed by atoms with Gasteiger partial charge >= 0.3 is 6.03 Å². The third kappa shape index (κ3) is 2.90. The van der Waals surface area contributed by atoms with Crippen LogP contribution in [0.25, 0.3) is 0 Å². The number of nitrogens with one attached hydrogen (secondary N) is 2. The highest BCUT2D eigenvalue weighted by molar-refractivity contribution is 5.93. The molecule has 0 saturated heterocycles. The summed E-state index contributed by atoms with van der Waals surface area (Å²) < 4.78 is 0. The first-order valence-electron chi connectivity index (χ1n) is 6.00. The van der Waals surface area contributed by atoms with Crippen LogP contribution in [0.3, 0.4) is 0 Å². The Morgan fingerprint density at radius 2 is 2.00 bits per heavy atom. The summed E-state index contributed by atoms with van der Waals surface area (Å²) in [5.41, 5.74) is 1.85. The quantitative estimate of drug-likeness (QED) is 0.842.